The molecule has 1 heterocycles. The van der Waals surface area contributed by atoms with Crippen molar-refractivity contribution in [2.75, 3.05) is 9.21 Å². The van der Waals surface area contributed by atoms with E-state index < -0.39 is 16.1 Å². The number of carbonyl (C=O) groups is 1. The van der Waals surface area contributed by atoms with Gasteiger partial charge < -0.3 is 0 Å². The van der Waals surface area contributed by atoms with Gasteiger partial charge in [0.1, 0.15) is 4.90 Å². The topological polar surface area (TPSA) is 57.7 Å². The van der Waals surface area contributed by atoms with Crippen molar-refractivity contribution >= 4 is 39.0 Å². The van der Waals surface area contributed by atoms with Crippen LogP contribution in [0.3, 0.4) is 0 Å². The van der Waals surface area contributed by atoms with Gasteiger partial charge in [-0.25, -0.2) is 13.2 Å². The third-order valence-corrected chi connectivity index (χ3v) is 6.72. The van der Waals surface area contributed by atoms with Crippen molar-refractivity contribution in [3.05, 3.63) is 88.9 Å². The average Bonchev–Trinajstić information content (AvgIpc) is 2.66. The lowest BCUT2D eigenvalue weighted by atomic mass is 10.2. The van der Waals surface area contributed by atoms with E-state index in [0.717, 1.165) is 15.4 Å². The Hall–Kier alpha value is -2.83. The quantitative estimate of drug-likeness (QED) is 0.609. The van der Waals surface area contributed by atoms with Gasteiger partial charge >= 0.3 is 6.03 Å². The highest BCUT2D eigenvalue weighted by molar-refractivity contribution is 7.94. The lowest BCUT2D eigenvalue weighted by Crippen LogP contribution is -2.50. The van der Waals surface area contributed by atoms with E-state index in [1.165, 1.54) is 11.0 Å². The van der Waals surface area contributed by atoms with Crippen molar-refractivity contribution in [3.8, 4) is 0 Å². The molecule has 0 unspecified atom stereocenters. The molecule has 3 aromatic carbocycles. The van der Waals surface area contributed by atoms with Gasteiger partial charge in [0.25, 0.3) is 10.0 Å². The fourth-order valence-electron chi connectivity index (χ4n) is 3.27. The summed E-state index contributed by atoms with van der Waals surface area (Å²) in [7, 11) is -4.03. The van der Waals surface area contributed by atoms with Gasteiger partial charge in [-0.1, -0.05) is 54.1 Å². The Morgan fingerprint density at radius 3 is 2.39 bits per heavy atom. The minimum absolute atomic E-state index is 0.0863. The SMILES string of the molecule is Cc1cccc(N2C(=O)N(Cc3ccccc3Cl)c3ccccc3S2(=O)=O)c1. The first kappa shape index (κ1) is 18.5. The number of rotatable bonds is 3. The number of para-hydroxylation sites is 1. The molecule has 1 aliphatic rings. The molecule has 142 valence electrons. The van der Waals surface area contributed by atoms with Crippen molar-refractivity contribution in [1.29, 1.82) is 0 Å². The van der Waals surface area contributed by atoms with Crippen LogP contribution in [0.1, 0.15) is 11.1 Å². The molecule has 4 rings (SSSR count). The maximum Gasteiger partial charge on any atom is 0.343 e. The minimum Gasteiger partial charge on any atom is -0.287 e. The van der Waals surface area contributed by atoms with E-state index in [4.69, 9.17) is 11.6 Å². The third-order valence-electron chi connectivity index (χ3n) is 4.60. The van der Waals surface area contributed by atoms with Crippen LogP contribution in [-0.2, 0) is 16.6 Å². The number of benzene rings is 3. The second-order valence-corrected chi connectivity index (χ2v) is 8.70. The molecule has 0 saturated carbocycles. The zero-order valence-corrected chi connectivity index (χ0v) is 16.6. The molecule has 0 aromatic heterocycles. The zero-order chi connectivity index (χ0) is 19.9. The molecule has 1 aliphatic heterocycles. The first-order valence-corrected chi connectivity index (χ1v) is 10.5. The highest BCUT2D eigenvalue weighted by Crippen LogP contribution is 2.38. The van der Waals surface area contributed by atoms with E-state index in [2.05, 4.69) is 0 Å². The van der Waals surface area contributed by atoms with Gasteiger partial charge in [-0.15, -0.1) is 0 Å². The van der Waals surface area contributed by atoms with E-state index in [1.54, 1.807) is 48.5 Å². The summed E-state index contributed by atoms with van der Waals surface area (Å²) in [6.45, 7) is 2.01. The largest absolute Gasteiger partial charge is 0.343 e. The fourth-order valence-corrected chi connectivity index (χ4v) is 5.05. The molecule has 2 amide bonds. The van der Waals surface area contributed by atoms with Crippen LogP contribution in [0.2, 0.25) is 5.02 Å². The van der Waals surface area contributed by atoms with Crippen LogP contribution in [0.25, 0.3) is 0 Å². The van der Waals surface area contributed by atoms with Crippen molar-refractivity contribution in [1.82, 2.24) is 0 Å². The molecule has 0 saturated heterocycles. The molecule has 28 heavy (non-hydrogen) atoms. The van der Waals surface area contributed by atoms with E-state index in [9.17, 15) is 13.2 Å². The summed E-state index contributed by atoms with van der Waals surface area (Å²) in [6.07, 6.45) is 0. The maximum atomic E-state index is 13.4. The molecule has 5 nitrogen and oxygen atoms in total. The van der Waals surface area contributed by atoms with Crippen molar-refractivity contribution in [2.45, 2.75) is 18.4 Å². The summed E-state index contributed by atoms with van der Waals surface area (Å²) in [5.74, 6) is 0. The van der Waals surface area contributed by atoms with Crippen LogP contribution in [0, 0.1) is 6.92 Å². The highest BCUT2D eigenvalue weighted by atomic mass is 35.5. The first-order chi connectivity index (χ1) is 13.4. The van der Waals surface area contributed by atoms with Crippen LogP contribution in [0.5, 0.6) is 0 Å². The van der Waals surface area contributed by atoms with Gasteiger partial charge in [-0.3, -0.25) is 4.90 Å². The van der Waals surface area contributed by atoms with Crippen molar-refractivity contribution < 1.29 is 13.2 Å². The molecule has 0 aliphatic carbocycles. The Morgan fingerprint density at radius 2 is 1.64 bits per heavy atom. The molecular weight excluding hydrogens is 396 g/mol. The molecule has 0 fully saturated rings. The van der Waals surface area contributed by atoms with Crippen LogP contribution >= 0.6 is 11.6 Å². The molecule has 3 aromatic rings. The third kappa shape index (κ3) is 3.04. The summed E-state index contributed by atoms with van der Waals surface area (Å²) >= 11 is 6.28. The van der Waals surface area contributed by atoms with Gasteiger partial charge in [-0.05, 0) is 48.4 Å². The maximum absolute atomic E-state index is 13.4. The Balaban J connectivity index is 1.89. The van der Waals surface area contributed by atoms with E-state index in [1.807, 2.05) is 25.1 Å². The minimum atomic E-state index is -4.03. The monoisotopic (exact) mass is 412 g/mol. The summed E-state index contributed by atoms with van der Waals surface area (Å²) < 4.78 is 27.3. The predicted octanol–water partition coefficient (Wildman–Crippen LogP) is 4.98. The Labute approximate surface area is 168 Å². The molecule has 0 radical (unpaired) electrons. The number of anilines is 2. The van der Waals surface area contributed by atoms with Crippen LogP contribution in [0.15, 0.2) is 77.7 Å². The standard InChI is InChI=1S/C21H17ClN2O3S/c1-15-7-6-9-17(13-15)24-21(25)23(14-16-8-2-3-10-18(16)22)19-11-4-5-12-20(19)28(24,26)27/h2-13H,14H2,1H3. The highest BCUT2D eigenvalue weighted by Gasteiger charge is 2.42. The van der Waals surface area contributed by atoms with Crippen molar-refractivity contribution in [3.63, 3.8) is 0 Å². The molecule has 7 heteroatoms. The van der Waals surface area contributed by atoms with Crippen LogP contribution in [0.4, 0.5) is 16.2 Å². The molecular formula is C21H17ClN2O3S. The molecule has 0 N–H and O–H groups in total. The molecule has 0 spiro atoms. The summed E-state index contributed by atoms with van der Waals surface area (Å²) in [4.78, 5) is 14.9. The Bertz CT molecular complexity index is 1180. The number of aryl methyl sites for hydroxylation is 1. The smallest absolute Gasteiger partial charge is 0.287 e. The normalized spacial score (nSPS) is 15.4. The Morgan fingerprint density at radius 1 is 0.929 bits per heavy atom. The van der Waals surface area contributed by atoms with Crippen LogP contribution in [-0.4, -0.2) is 14.4 Å². The van der Waals surface area contributed by atoms with Gasteiger partial charge in [0.05, 0.1) is 17.9 Å². The zero-order valence-electron chi connectivity index (χ0n) is 15.0. The second-order valence-electron chi connectivity index (χ2n) is 6.54. The molecule has 0 atom stereocenters. The van der Waals surface area contributed by atoms with Crippen molar-refractivity contribution in [2.24, 2.45) is 0 Å². The number of halogens is 1. The number of sulfonamides is 1. The van der Waals surface area contributed by atoms with E-state index in [-0.39, 0.29) is 11.4 Å². The van der Waals surface area contributed by atoms with Gasteiger partial charge in [0.2, 0.25) is 0 Å². The van der Waals surface area contributed by atoms with Gasteiger partial charge in [0, 0.05) is 5.02 Å². The van der Waals surface area contributed by atoms with Crippen LogP contribution < -0.4 is 9.21 Å². The summed E-state index contributed by atoms with van der Waals surface area (Å²) in [5, 5.41) is 0.517. The number of carbonyl (C=O) groups excluding carboxylic acids is 1. The number of hydrogen-bond acceptors (Lipinski definition) is 3. The number of urea groups is 1. The average molecular weight is 413 g/mol. The number of hydrogen-bond donors (Lipinski definition) is 0. The fraction of sp³-hybridized carbons (Fsp3) is 0.0952. The van der Waals surface area contributed by atoms with E-state index >= 15 is 0 Å². The summed E-state index contributed by atoms with van der Waals surface area (Å²) in [6, 6.07) is 19.9. The number of fused-ring (bicyclic) bond motifs is 1. The molecule has 0 bridgehead atoms. The first-order valence-electron chi connectivity index (χ1n) is 8.65. The lowest BCUT2D eigenvalue weighted by Gasteiger charge is -2.36. The number of amides is 2. The van der Waals surface area contributed by atoms with Gasteiger partial charge in [0.15, 0.2) is 0 Å². The lowest BCUT2D eigenvalue weighted by molar-refractivity contribution is 0.253. The second kappa shape index (κ2) is 6.96. The number of nitrogens with zero attached hydrogens (tertiary/aromatic N) is 2. The predicted molar refractivity (Wildman–Crippen MR) is 110 cm³/mol. The Kier molecular flexibility index (Phi) is 4.61. The summed E-state index contributed by atoms with van der Waals surface area (Å²) in [5.41, 5.74) is 2.24. The van der Waals surface area contributed by atoms with Gasteiger partial charge in [-0.2, -0.15) is 4.31 Å². The van der Waals surface area contributed by atoms with E-state index in [0.29, 0.717) is 16.4 Å².